The predicted molar refractivity (Wildman–Crippen MR) is 94.9 cm³/mol. The van der Waals surface area contributed by atoms with Crippen molar-refractivity contribution in [3.63, 3.8) is 0 Å². The quantitative estimate of drug-likeness (QED) is 0.491. The minimum Gasteiger partial charge on any atom is -0.352 e. The second-order valence-corrected chi connectivity index (χ2v) is 6.32. The van der Waals surface area contributed by atoms with Crippen molar-refractivity contribution < 1.29 is 9.47 Å². The van der Waals surface area contributed by atoms with Gasteiger partial charge in [-0.1, -0.05) is 42.5 Å². The fourth-order valence-corrected chi connectivity index (χ4v) is 4.01. The van der Waals surface area contributed by atoms with Crippen LogP contribution in [0, 0.1) is 0 Å². The van der Waals surface area contributed by atoms with Crippen LogP contribution in [0.2, 0.25) is 0 Å². The lowest BCUT2D eigenvalue weighted by Gasteiger charge is -2.20. The summed E-state index contributed by atoms with van der Waals surface area (Å²) in [7, 11) is 3.37. The van der Waals surface area contributed by atoms with Crippen molar-refractivity contribution in [2.75, 3.05) is 14.2 Å². The van der Waals surface area contributed by atoms with Crippen LogP contribution in [0.1, 0.15) is 35.8 Å². The largest absolute Gasteiger partial charge is 0.352 e. The Hall–Kier alpha value is -1.90. The third kappa shape index (κ3) is 2.34. The Kier molecular flexibility index (Phi) is 3.80. The lowest BCUT2D eigenvalue weighted by molar-refractivity contribution is -0.105. The summed E-state index contributed by atoms with van der Waals surface area (Å²) in [6, 6.07) is 15.5. The lowest BCUT2D eigenvalue weighted by Crippen LogP contribution is -2.05. The second kappa shape index (κ2) is 5.95. The minimum atomic E-state index is -0.325. The van der Waals surface area contributed by atoms with Crippen molar-refractivity contribution in [2.45, 2.75) is 32.0 Å². The maximum atomic E-state index is 5.47. The summed E-state index contributed by atoms with van der Waals surface area (Å²) in [5.41, 5.74) is 4.18. The first-order chi connectivity index (χ1) is 11.3. The first-order valence-corrected chi connectivity index (χ1v) is 8.35. The number of rotatable bonds is 3. The van der Waals surface area contributed by atoms with Crippen LogP contribution in [0.3, 0.4) is 0 Å². The molecule has 2 nitrogen and oxygen atoms in total. The van der Waals surface area contributed by atoms with Gasteiger partial charge < -0.3 is 9.47 Å². The smallest absolute Gasteiger partial charge is 0.183 e. The van der Waals surface area contributed by atoms with Gasteiger partial charge in [-0.15, -0.1) is 0 Å². The van der Waals surface area contributed by atoms with Gasteiger partial charge in [-0.3, -0.25) is 0 Å². The van der Waals surface area contributed by atoms with E-state index in [1.165, 1.54) is 52.8 Å². The SMILES string of the molecule is COC(OC)c1cccc2c1ccc1c3c(ccc12)CCCC3. The number of fused-ring (bicyclic) bond motifs is 5. The minimum absolute atomic E-state index is 0.325. The van der Waals surface area contributed by atoms with Crippen molar-refractivity contribution in [1.29, 1.82) is 0 Å². The van der Waals surface area contributed by atoms with Crippen molar-refractivity contribution in [1.82, 2.24) is 0 Å². The molecule has 0 unspecified atom stereocenters. The Morgan fingerprint density at radius 2 is 1.43 bits per heavy atom. The molecule has 1 aliphatic carbocycles. The molecule has 0 heterocycles. The molecule has 0 bridgehead atoms. The van der Waals surface area contributed by atoms with Gasteiger partial charge in [0.1, 0.15) is 0 Å². The highest BCUT2D eigenvalue weighted by atomic mass is 16.7. The summed E-state index contributed by atoms with van der Waals surface area (Å²) >= 11 is 0. The van der Waals surface area contributed by atoms with E-state index in [9.17, 15) is 0 Å². The Balaban J connectivity index is 2.01. The van der Waals surface area contributed by atoms with E-state index < -0.39 is 0 Å². The Bertz CT molecular complexity index is 862. The molecule has 118 valence electrons. The number of hydrogen-bond acceptors (Lipinski definition) is 2. The zero-order valence-corrected chi connectivity index (χ0v) is 13.8. The normalized spacial score (nSPS) is 14.6. The third-order valence-electron chi connectivity index (χ3n) is 5.11. The fourth-order valence-electron chi connectivity index (χ4n) is 4.01. The average molecular weight is 306 g/mol. The Labute approximate surface area is 137 Å². The monoisotopic (exact) mass is 306 g/mol. The number of hydrogen-bond donors (Lipinski definition) is 0. The van der Waals surface area contributed by atoms with E-state index in [0.717, 1.165) is 5.56 Å². The highest BCUT2D eigenvalue weighted by Crippen LogP contribution is 2.36. The molecule has 0 N–H and O–H groups in total. The van der Waals surface area contributed by atoms with E-state index >= 15 is 0 Å². The zero-order valence-electron chi connectivity index (χ0n) is 13.8. The molecule has 0 aliphatic heterocycles. The fraction of sp³-hybridized carbons (Fsp3) is 0.333. The molecule has 23 heavy (non-hydrogen) atoms. The molecule has 0 saturated heterocycles. The molecule has 4 rings (SSSR count). The summed E-state index contributed by atoms with van der Waals surface area (Å²) in [5, 5.41) is 5.26. The molecular weight excluding hydrogens is 284 g/mol. The molecule has 0 saturated carbocycles. The van der Waals surface area contributed by atoms with E-state index in [-0.39, 0.29) is 6.29 Å². The van der Waals surface area contributed by atoms with Crippen LogP contribution in [-0.2, 0) is 22.3 Å². The molecule has 3 aromatic carbocycles. The summed E-state index contributed by atoms with van der Waals surface area (Å²) in [4.78, 5) is 0. The van der Waals surface area contributed by atoms with Crippen LogP contribution in [0.5, 0.6) is 0 Å². The number of aryl methyl sites for hydroxylation is 2. The third-order valence-corrected chi connectivity index (χ3v) is 5.11. The molecule has 2 heteroatoms. The number of methoxy groups -OCH3 is 2. The van der Waals surface area contributed by atoms with E-state index in [0.29, 0.717) is 0 Å². The van der Waals surface area contributed by atoms with Crippen molar-refractivity contribution in [3.8, 4) is 0 Å². The summed E-state index contributed by atoms with van der Waals surface area (Å²) in [5.74, 6) is 0. The van der Waals surface area contributed by atoms with Gasteiger partial charge in [0.25, 0.3) is 0 Å². The predicted octanol–water partition coefficient (Wildman–Crippen LogP) is 5.16. The molecule has 0 spiro atoms. The standard InChI is InChI=1S/C21H22O2/c1-22-21(23-2)20-9-5-8-16-18-11-10-14-6-3-4-7-15(14)17(18)12-13-19(16)20/h5,8-13,21H,3-4,6-7H2,1-2H3. The first-order valence-electron chi connectivity index (χ1n) is 8.35. The first kappa shape index (κ1) is 14.7. The van der Waals surface area contributed by atoms with Gasteiger partial charge in [0.15, 0.2) is 6.29 Å². The van der Waals surface area contributed by atoms with E-state index in [1.807, 2.05) is 0 Å². The molecule has 0 aromatic heterocycles. The molecule has 0 fully saturated rings. The maximum Gasteiger partial charge on any atom is 0.183 e. The van der Waals surface area contributed by atoms with Gasteiger partial charge in [-0.05, 0) is 58.4 Å². The molecule has 0 amide bonds. The van der Waals surface area contributed by atoms with Crippen molar-refractivity contribution in [3.05, 3.63) is 59.2 Å². The van der Waals surface area contributed by atoms with Gasteiger partial charge >= 0.3 is 0 Å². The highest BCUT2D eigenvalue weighted by molar-refractivity contribution is 6.09. The average Bonchev–Trinajstić information content (AvgIpc) is 2.62. The number of benzene rings is 3. The molecule has 0 radical (unpaired) electrons. The Morgan fingerprint density at radius 3 is 2.26 bits per heavy atom. The van der Waals surface area contributed by atoms with Crippen LogP contribution in [0.15, 0.2) is 42.5 Å². The second-order valence-electron chi connectivity index (χ2n) is 6.32. The number of ether oxygens (including phenoxy) is 2. The van der Waals surface area contributed by atoms with Crippen LogP contribution >= 0.6 is 0 Å². The van der Waals surface area contributed by atoms with Gasteiger partial charge in [0.2, 0.25) is 0 Å². The van der Waals surface area contributed by atoms with Crippen LogP contribution in [0.4, 0.5) is 0 Å². The summed E-state index contributed by atoms with van der Waals surface area (Å²) in [6.07, 6.45) is 4.73. The van der Waals surface area contributed by atoms with Crippen LogP contribution < -0.4 is 0 Å². The van der Waals surface area contributed by atoms with Gasteiger partial charge in [0, 0.05) is 19.8 Å². The zero-order chi connectivity index (χ0) is 15.8. The van der Waals surface area contributed by atoms with Gasteiger partial charge in [0.05, 0.1) is 0 Å². The Morgan fingerprint density at radius 1 is 0.739 bits per heavy atom. The summed E-state index contributed by atoms with van der Waals surface area (Å²) < 4.78 is 10.9. The van der Waals surface area contributed by atoms with E-state index in [4.69, 9.17) is 9.47 Å². The van der Waals surface area contributed by atoms with Crippen LogP contribution in [0.25, 0.3) is 21.5 Å². The van der Waals surface area contributed by atoms with E-state index in [2.05, 4.69) is 42.5 Å². The maximum absolute atomic E-state index is 5.47. The van der Waals surface area contributed by atoms with Crippen LogP contribution in [-0.4, -0.2) is 14.2 Å². The molecule has 1 aliphatic rings. The van der Waals surface area contributed by atoms with Crippen molar-refractivity contribution in [2.24, 2.45) is 0 Å². The molecular formula is C21H22O2. The molecule has 0 atom stereocenters. The summed E-state index contributed by atoms with van der Waals surface area (Å²) in [6.45, 7) is 0. The molecule has 3 aromatic rings. The van der Waals surface area contributed by atoms with Crippen molar-refractivity contribution >= 4 is 21.5 Å². The van der Waals surface area contributed by atoms with Gasteiger partial charge in [-0.25, -0.2) is 0 Å². The topological polar surface area (TPSA) is 18.5 Å². The highest BCUT2D eigenvalue weighted by Gasteiger charge is 2.16. The lowest BCUT2D eigenvalue weighted by atomic mass is 9.86. The van der Waals surface area contributed by atoms with Gasteiger partial charge in [-0.2, -0.15) is 0 Å². The van der Waals surface area contributed by atoms with E-state index in [1.54, 1.807) is 19.8 Å².